The number of hydrogen-bond donors (Lipinski definition) is 0. The van der Waals surface area contributed by atoms with Crippen LogP contribution in [0, 0.1) is 0 Å². The maximum absolute atomic E-state index is 5.89. The first kappa shape index (κ1) is 10.7. The Balaban J connectivity index is 2.14. The van der Waals surface area contributed by atoms with Crippen molar-refractivity contribution in [1.29, 1.82) is 0 Å². The lowest BCUT2D eigenvalue weighted by Gasteiger charge is -2.25. The molecule has 14 heavy (non-hydrogen) atoms. The molecule has 0 spiro atoms. The third-order valence-electron chi connectivity index (χ3n) is 2.00. The van der Waals surface area contributed by atoms with Gasteiger partial charge in [-0.25, -0.2) is 0 Å². The van der Waals surface area contributed by atoms with Gasteiger partial charge in [-0.3, -0.25) is 0 Å². The summed E-state index contributed by atoms with van der Waals surface area (Å²) in [5.41, 5.74) is 1.06. The first-order valence-electron chi connectivity index (χ1n) is 4.27. The summed E-state index contributed by atoms with van der Waals surface area (Å²) in [5.74, 6) is 0. The maximum atomic E-state index is 5.89. The van der Waals surface area contributed by atoms with Crippen molar-refractivity contribution in [3.63, 3.8) is 0 Å². The predicted molar refractivity (Wildman–Crippen MR) is 58.6 cm³/mol. The largest absolute Gasteiger partial charge is 0.322 e. The highest BCUT2D eigenvalue weighted by molar-refractivity contribution is 7.76. The fourth-order valence-electron chi connectivity index (χ4n) is 1.35. The zero-order valence-corrected chi connectivity index (χ0v) is 9.73. The summed E-state index contributed by atoms with van der Waals surface area (Å²) in [7, 11) is -1.24. The smallest absolute Gasteiger partial charge is 0.277 e. The van der Waals surface area contributed by atoms with E-state index < -0.39 is 7.73 Å². The topological polar surface area (TPSA) is 18.5 Å². The second-order valence-corrected chi connectivity index (χ2v) is 5.14. The van der Waals surface area contributed by atoms with Crippen LogP contribution in [-0.2, 0) is 9.05 Å². The predicted octanol–water partition coefficient (Wildman–Crippen LogP) is 4.28. The van der Waals surface area contributed by atoms with E-state index in [1.54, 1.807) is 0 Å². The third-order valence-corrected chi connectivity index (χ3v) is 3.58. The molecule has 0 aromatic heterocycles. The van der Waals surface area contributed by atoms with Crippen LogP contribution in [0.15, 0.2) is 24.3 Å². The Bertz CT molecular complexity index is 321. The van der Waals surface area contributed by atoms with Crippen LogP contribution in [0.3, 0.4) is 0 Å². The van der Waals surface area contributed by atoms with Crippen LogP contribution in [0.25, 0.3) is 0 Å². The average molecular weight is 251 g/mol. The van der Waals surface area contributed by atoms with Crippen LogP contribution in [0.5, 0.6) is 0 Å². The molecule has 2 unspecified atom stereocenters. The fraction of sp³-hybridized carbons (Fsp3) is 0.333. The van der Waals surface area contributed by atoms with Gasteiger partial charge in [0.25, 0.3) is 7.73 Å². The monoisotopic (exact) mass is 250 g/mol. The van der Waals surface area contributed by atoms with Crippen LogP contribution >= 0.6 is 30.6 Å². The van der Waals surface area contributed by atoms with Crippen molar-refractivity contribution in [2.24, 2.45) is 0 Å². The van der Waals surface area contributed by atoms with Gasteiger partial charge in [-0.05, 0) is 28.9 Å². The molecule has 1 fully saturated rings. The van der Waals surface area contributed by atoms with Gasteiger partial charge >= 0.3 is 0 Å². The minimum Gasteiger partial charge on any atom is -0.322 e. The molecule has 1 aliphatic rings. The van der Waals surface area contributed by atoms with Crippen LogP contribution < -0.4 is 0 Å². The van der Waals surface area contributed by atoms with Gasteiger partial charge in [0.1, 0.15) is 0 Å². The Kier molecular flexibility index (Phi) is 3.64. The quantitative estimate of drug-likeness (QED) is 0.693. The van der Waals surface area contributed by atoms with Crippen molar-refractivity contribution >= 4 is 30.6 Å². The van der Waals surface area contributed by atoms with Gasteiger partial charge in [0.15, 0.2) is 0 Å². The van der Waals surface area contributed by atoms with Gasteiger partial charge in [-0.1, -0.05) is 23.7 Å². The Labute approximate surface area is 93.8 Å². The SMILES string of the molecule is Clc1cccc(C2CCOP(Cl)O2)c1. The van der Waals surface area contributed by atoms with E-state index in [-0.39, 0.29) is 6.10 Å². The summed E-state index contributed by atoms with van der Waals surface area (Å²) in [6, 6.07) is 7.64. The fourth-order valence-corrected chi connectivity index (χ4v) is 2.78. The third kappa shape index (κ3) is 2.59. The molecule has 2 rings (SSSR count). The average Bonchev–Trinajstić information content (AvgIpc) is 2.18. The van der Waals surface area contributed by atoms with Crippen molar-refractivity contribution in [1.82, 2.24) is 0 Å². The summed E-state index contributed by atoms with van der Waals surface area (Å²) >= 11 is 11.7. The molecule has 1 heterocycles. The number of hydrogen-bond acceptors (Lipinski definition) is 2. The zero-order chi connectivity index (χ0) is 9.97. The van der Waals surface area contributed by atoms with Gasteiger partial charge in [0, 0.05) is 11.4 Å². The zero-order valence-electron chi connectivity index (χ0n) is 7.32. The summed E-state index contributed by atoms with van der Waals surface area (Å²) in [6.45, 7) is 0.645. The van der Waals surface area contributed by atoms with E-state index in [1.165, 1.54) is 0 Å². The Morgan fingerprint density at radius 3 is 3.00 bits per heavy atom. The van der Waals surface area contributed by atoms with Gasteiger partial charge in [0.05, 0.1) is 12.7 Å². The van der Waals surface area contributed by atoms with E-state index in [4.69, 9.17) is 31.9 Å². The standard InChI is InChI=1S/C9H9Cl2O2P/c10-8-3-1-2-7(6-8)9-4-5-12-14(11)13-9/h1-3,6,9H,4-5H2. The molecule has 0 amide bonds. The molecular weight excluding hydrogens is 242 g/mol. The molecule has 1 aromatic rings. The van der Waals surface area contributed by atoms with Crippen LogP contribution in [0.4, 0.5) is 0 Å². The van der Waals surface area contributed by atoms with E-state index in [0.29, 0.717) is 6.61 Å². The lowest BCUT2D eigenvalue weighted by molar-refractivity contribution is 0.116. The second-order valence-electron chi connectivity index (χ2n) is 2.98. The number of halogens is 2. The van der Waals surface area contributed by atoms with E-state index in [9.17, 15) is 0 Å². The van der Waals surface area contributed by atoms with Gasteiger partial charge in [-0.15, -0.1) is 0 Å². The summed E-state index contributed by atoms with van der Waals surface area (Å²) in [4.78, 5) is 0. The highest BCUT2D eigenvalue weighted by Gasteiger charge is 2.23. The van der Waals surface area contributed by atoms with Crippen LogP contribution in [0.2, 0.25) is 5.02 Å². The molecule has 0 aliphatic carbocycles. The highest BCUT2D eigenvalue weighted by atomic mass is 35.7. The molecule has 2 nitrogen and oxygen atoms in total. The van der Waals surface area contributed by atoms with E-state index in [1.807, 2.05) is 24.3 Å². The second kappa shape index (κ2) is 4.78. The van der Waals surface area contributed by atoms with Crippen molar-refractivity contribution < 1.29 is 9.05 Å². The van der Waals surface area contributed by atoms with Crippen LogP contribution in [0.1, 0.15) is 18.1 Å². The minimum atomic E-state index is -1.24. The number of rotatable bonds is 1. The molecule has 1 saturated heterocycles. The molecule has 76 valence electrons. The molecule has 1 aromatic carbocycles. The van der Waals surface area contributed by atoms with Crippen LogP contribution in [-0.4, -0.2) is 6.61 Å². The lowest BCUT2D eigenvalue weighted by atomic mass is 10.1. The van der Waals surface area contributed by atoms with E-state index in [2.05, 4.69) is 0 Å². The Hall–Kier alpha value is 0.150. The molecule has 2 atom stereocenters. The Morgan fingerprint density at radius 2 is 2.29 bits per heavy atom. The molecule has 0 saturated carbocycles. The summed E-state index contributed by atoms with van der Waals surface area (Å²) < 4.78 is 10.6. The Morgan fingerprint density at radius 1 is 1.43 bits per heavy atom. The van der Waals surface area contributed by atoms with E-state index in [0.717, 1.165) is 17.0 Å². The van der Waals surface area contributed by atoms with Gasteiger partial charge < -0.3 is 9.05 Å². The minimum absolute atomic E-state index is 0.0195. The normalized spacial score (nSPS) is 27.6. The van der Waals surface area contributed by atoms with Gasteiger partial charge in [-0.2, -0.15) is 0 Å². The van der Waals surface area contributed by atoms with Crippen molar-refractivity contribution in [3.05, 3.63) is 34.9 Å². The molecular formula is C9H9Cl2O2P. The molecule has 1 aliphatic heterocycles. The first-order chi connectivity index (χ1) is 6.75. The molecule has 0 radical (unpaired) electrons. The molecule has 0 N–H and O–H groups in total. The lowest BCUT2D eigenvalue weighted by Crippen LogP contribution is -2.09. The van der Waals surface area contributed by atoms with Crippen molar-refractivity contribution in [3.8, 4) is 0 Å². The molecule has 0 bridgehead atoms. The highest BCUT2D eigenvalue weighted by Crippen LogP contribution is 2.52. The first-order valence-corrected chi connectivity index (χ1v) is 6.73. The van der Waals surface area contributed by atoms with Crippen molar-refractivity contribution in [2.45, 2.75) is 12.5 Å². The van der Waals surface area contributed by atoms with Gasteiger partial charge in [0.2, 0.25) is 0 Å². The van der Waals surface area contributed by atoms with E-state index >= 15 is 0 Å². The summed E-state index contributed by atoms with van der Waals surface area (Å²) in [5, 5.41) is 0.719. The van der Waals surface area contributed by atoms with Crippen molar-refractivity contribution in [2.75, 3.05) is 6.61 Å². The molecule has 5 heteroatoms. The number of benzene rings is 1. The maximum Gasteiger partial charge on any atom is 0.277 e. The summed E-state index contributed by atoms with van der Waals surface area (Å²) in [6.07, 6.45) is 0.845.